The third-order valence-electron chi connectivity index (χ3n) is 1.81. The average Bonchev–Trinajstić information content (AvgIpc) is 2.16. The molecule has 0 heterocycles. The van der Waals surface area contributed by atoms with E-state index in [9.17, 15) is 0 Å². The van der Waals surface area contributed by atoms with Gasteiger partial charge in [-0.05, 0) is 29.8 Å². The molecule has 0 saturated heterocycles. The van der Waals surface area contributed by atoms with E-state index in [1.54, 1.807) is 0 Å². The van der Waals surface area contributed by atoms with Crippen LogP contribution in [0.1, 0.15) is 6.92 Å². The van der Waals surface area contributed by atoms with Crippen LogP contribution < -0.4 is 10.8 Å². The van der Waals surface area contributed by atoms with Crippen molar-refractivity contribution in [1.82, 2.24) is 0 Å². The van der Waals surface area contributed by atoms with Crippen molar-refractivity contribution in [2.24, 2.45) is 0 Å². The van der Waals surface area contributed by atoms with Gasteiger partial charge in [0, 0.05) is 12.0 Å². The van der Waals surface area contributed by atoms with Crippen molar-refractivity contribution >= 4 is 22.4 Å². The van der Waals surface area contributed by atoms with Crippen LogP contribution in [0.5, 0.6) is 0 Å². The maximum absolute atomic E-state index is 8.89. The number of carbonyl (C=O) groups excluding carboxylic acids is 1. The lowest BCUT2D eigenvalue weighted by Crippen LogP contribution is -2.39. The number of hydrogen-bond acceptors (Lipinski definition) is 2. The molecule has 0 unspecified atom stereocenters. The SMILES string of the molecule is CC(=O)[O-].[NH3+]c1ccc2ccccc2c1. The summed E-state index contributed by atoms with van der Waals surface area (Å²) in [6, 6.07) is 14.5. The fourth-order valence-electron chi connectivity index (χ4n) is 1.24. The highest BCUT2D eigenvalue weighted by Gasteiger charge is 1.92. The van der Waals surface area contributed by atoms with Gasteiger partial charge in [-0.1, -0.05) is 24.3 Å². The summed E-state index contributed by atoms with van der Waals surface area (Å²) in [6.07, 6.45) is 0. The second-order valence-electron chi connectivity index (χ2n) is 3.17. The van der Waals surface area contributed by atoms with Gasteiger partial charge in [-0.2, -0.15) is 0 Å². The standard InChI is InChI=1S/C10H9N.C2H4O2/c11-10-6-5-8-3-1-2-4-9(8)7-10;1-2(3)4/h1-7H,11H2;1H3,(H,3,4). The molecular formula is C12H13NO2. The van der Waals surface area contributed by atoms with Crippen molar-refractivity contribution in [3.05, 3.63) is 42.5 Å². The second kappa shape index (κ2) is 5.12. The fourth-order valence-corrected chi connectivity index (χ4v) is 1.24. The number of hydrogen-bond donors (Lipinski definition) is 1. The minimum atomic E-state index is -1.08. The maximum atomic E-state index is 8.89. The van der Waals surface area contributed by atoms with Crippen molar-refractivity contribution < 1.29 is 15.6 Å². The molecule has 0 saturated carbocycles. The Morgan fingerprint density at radius 1 is 1.13 bits per heavy atom. The normalized spacial score (nSPS) is 9.20. The molecule has 3 heteroatoms. The number of carbonyl (C=O) groups is 1. The molecule has 2 aromatic carbocycles. The summed E-state index contributed by atoms with van der Waals surface area (Å²) in [5.41, 5.74) is 4.94. The molecule has 2 rings (SSSR count). The summed E-state index contributed by atoms with van der Waals surface area (Å²) in [5.74, 6) is -1.08. The Morgan fingerprint density at radius 3 is 2.27 bits per heavy atom. The number of quaternary nitrogens is 1. The van der Waals surface area contributed by atoms with Crippen LogP contribution in [0.3, 0.4) is 0 Å². The van der Waals surface area contributed by atoms with E-state index >= 15 is 0 Å². The maximum Gasteiger partial charge on any atom is 0.128 e. The molecule has 15 heavy (non-hydrogen) atoms. The third kappa shape index (κ3) is 3.79. The Hall–Kier alpha value is -1.87. The molecule has 0 fully saturated rings. The first-order chi connectivity index (χ1) is 7.09. The van der Waals surface area contributed by atoms with E-state index in [-0.39, 0.29) is 0 Å². The first-order valence-electron chi connectivity index (χ1n) is 4.58. The van der Waals surface area contributed by atoms with Gasteiger partial charge in [0.1, 0.15) is 5.69 Å². The molecule has 0 atom stereocenters. The van der Waals surface area contributed by atoms with Crippen molar-refractivity contribution in [2.75, 3.05) is 0 Å². The van der Waals surface area contributed by atoms with Crippen LogP contribution in [0.4, 0.5) is 5.69 Å². The lowest BCUT2D eigenvalue weighted by molar-refractivity contribution is -0.302. The zero-order valence-corrected chi connectivity index (χ0v) is 8.57. The summed E-state index contributed by atoms with van der Waals surface area (Å²) >= 11 is 0. The topological polar surface area (TPSA) is 67.8 Å². The van der Waals surface area contributed by atoms with E-state index in [0.29, 0.717) is 0 Å². The van der Waals surface area contributed by atoms with Gasteiger partial charge in [0.2, 0.25) is 0 Å². The molecule has 3 N–H and O–H groups in total. The van der Waals surface area contributed by atoms with Gasteiger partial charge >= 0.3 is 0 Å². The molecule has 3 nitrogen and oxygen atoms in total. The number of rotatable bonds is 0. The van der Waals surface area contributed by atoms with Crippen LogP contribution in [0, 0.1) is 0 Å². The van der Waals surface area contributed by atoms with Gasteiger partial charge in [0.25, 0.3) is 0 Å². The van der Waals surface area contributed by atoms with E-state index in [2.05, 4.69) is 30.0 Å². The van der Waals surface area contributed by atoms with Crippen LogP contribution >= 0.6 is 0 Å². The summed E-state index contributed by atoms with van der Waals surface area (Å²) in [4.78, 5) is 8.89. The van der Waals surface area contributed by atoms with E-state index < -0.39 is 5.97 Å². The second-order valence-corrected chi connectivity index (χ2v) is 3.17. The smallest absolute Gasteiger partial charge is 0.128 e. The Bertz CT molecular complexity index is 462. The molecule has 0 aliphatic carbocycles. The molecule has 0 aromatic heterocycles. The molecule has 0 bridgehead atoms. The molecule has 78 valence electrons. The first-order valence-corrected chi connectivity index (χ1v) is 4.58. The molecule has 2 aromatic rings. The predicted octanol–water partition coefficient (Wildman–Crippen LogP) is 0.469. The molecule has 0 amide bonds. The van der Waals surface area contributed by atoms with Gasteiger partial charge in [-0.15, -0.1) is 0 Å². The minimum Gasteiger partial charge on any atom is -0.550 e. The quantitative estimate of drug-likeness (QED) is 0.676. The molecule has 0 aliphatic rings. The number of fused-ring (bicyclic) bond motifs is 1. The van der Waals surface area contributed by atoms with Gasteiger partial charge in [0.05, 0.1) is 0 Å². The summed E-state index contributed by atoms with van der Waals surface area (Å²) in [6.45, 7) is 0.972. The van der Waals surface area contributed by atoms with Crippen molar-refractivity contribution in [3.63, 3.8) is 0 Å². The molecular weight excluding hydrogens is 190 g/mol. The number of carboxylic acid groups (broad SMARTS) is 1. The Balaban J connectivity index is 0.000000245. The monoisotopic (exact) mass is 203 g/mol. The fraction of sp³-hybridized carbons (Fsp3) is 0.0833. The van der Waals surface area contributed by atoms with Gasteiger partial charge in [0.15, 0.2) is 0 Å². The molecule has 0 aliphatic heterocycles. The van der Waals surface area contributed by atoms with E-state index in [1.165, 1.54) is 10.8 Å². The highest BCUT2D eigenvalue weighted by atomic mass is 16.4. The Morgan fingerprint density at radius 2 is 1.67 bits per heavy atom. The van der Waals surface area contributed by atoms with Crippen LogP contribution in [0.15, 0.2) is 42.5 Å². The van der Waals surface area contributed by atoms with Crippen LogP contribution in [0.25, 0.3) is 10.8 Å². The lowest BCUT2D eigenvalue weighted by Gasteiger charge is -1.94. The summed E-state index contributed by atoms with van der Waals surface area (Å²) < 4.78 is 0. The zero-order chi connectivity index (χ0) is 11.3. The number of aliphatic carboxylic acids is 1. The van der Waals surface area contributed by atoms with Crippen LogP contribution in [-0.2, 0) is 4.79 Å². The van der Waals surface area contributed by atoms with Crippen LogP contribution in [-0.4, -0.2) is 5.97 Å². The van der Waals surface area contributed by atoms with E-state index in [1.807, 2.05) is 18.2 Å². The highest BCUT2D eigenvalue weighted by Crippen LogP contribution is 2.15. The minimum absolute atomic E-state index is 0.972. The van der Waals surface area contributed by atoms with E-state index in [4.69, 9.17) is 9.90 Å². The molecule has 0 radical (unpaired) electrons. The largest absolute Gasteiger partial charge is 0.550 e. The van der Waals surface area contributed by atoms with E-state index in [0.717, 1.165) is 12.6 Å². The zero-order valence-electron chi connectivity index (χ0n) is 8.57. The van der Waals surface area contributed by atoms with Gasteiger partial charge in [-0.25, -0.2) is 0 Å². The summed E-state index contributed by atoms with van der Waals surface area (Å²) in [7, 11) is 0. The first kappa shape index (κ1) is 11.2. The number of benzene rings is 2. The lowest BCUT2D eigenvalue weighted by atomic mass is 10.1. The van der Waals surface area contributed by atoms with Crippen molar-refractivity contribution in [3.8, 4) is 0 Å². The van der Waals surface area contributed by atoms with Gasteiger partial charge < -0.3 is 15.6 Å². The summed E-state index contributed by atoms with van der Waals surface area (Å²) in [5, 5.41) is 11.4. The van der Waals surface area contributed by atoms with Crippen LogP contribution in [0.2, 0.25) is 0 Å². The van der Waals surface area contributed by atoms with Crippen molar-refractivity contribution in [1.29, 1.82) is 0 Å². The predicted molar refractivity (Wildman–Crippen MR) is 57.2 cm³/mol. The third-order valence-corrected chi connectivity index (χ3v) is 1.81. The Labute approximate surface area is 88.1 Å². The molecule has 0 spiro atoms. The highest BCUT2D eigenvalue weighted by molar-refractivity contribution is 5.84. The average molecular weight is 203 g/mol. The van der Waals surface area contributed by atoms with Gasteiger partial charge in [-0.3, -0.25) is 0 Å². The van der Waals surface area contributed by atoms with Crippen molar-refractivity contribution in [2.45, 2.75) is 6.92 Å². The number of carboxylic acids is 1. The Kier molecular flexibility index (Phi) is 3.83.